The second kappa shape index (κ2) is 9.80. The van der Waals surface area contributed by atoms with E-state index in [9.17, 15) is 4.79 Å². The van der Waals surface area contributed by atoms with Crippen LogP contribution in [0.15, 0.2) is 71.8 Å². The molecule has 0 aliphatic carbocycles. The number of aryl methyl sites for hydroxylation is 2. The van der Waals surface area contributed by atoms with Crippen molar-refractivity contribution < 1.29 is 14.3 Å². The van der Waals surface area contributed by atoms with E-state index in [0.717, 1.165) is 33.0 Å². The molecule has 1 aliphatic heterocycles. The van der Waals surface area contributed by atoms with Gasteiger partial charge >= 0.3 is 0 Å². The van der Waals surface area contributed by atoms with Crippen molar-refractivity contribution in [2.75, 3.05) is 18.2 Å². The van der Waals surface area contributed by atoms with Gasteiger partial charge in [0.1, 0.15) is 16.5 Å². The minimum Gasteiger partial charge on any atom is -0.497 e. The number of carbonyl (C=O) groups is 1. The van der Waals surface area contributed by atoms with E-state index in [1.807, 2.05) is 61.5 Å². The number of rotatable bonds is 6. The van der Waals surface area contributed by atoms with Crippen LogP contribution in [0.1, 0.15) is 22.3 Å². The Morgan fingerprint density at radius 1 is 1.03 bits per heavy atom. The number of nitrogens with one attached hydrogen (secondary N) is 1. The fourth-order valence-electron chi connectivity index (χ4n) is 3.90. The van der Waals surface area contributed by atoms with E-state index in [1.165, 1.54) is 17.3 Å². The smallest absolute Gasteiger partial charge is 0.234 e. The van der Waals surface area contributed by atoms with E-state index in [2.05, 4.69) is 18.3 Å². The van der Waals surface area contributed by atoms with E-state index >= 15 is 0 Å². The van der Waals surface area contributed by atoms with Crippen LogP contribution >= 0.6 is 11.8 Å². The second-order valence-electron chi connectivity index (χ2n) is 8.46. The number of hydrogen-bond donors (Lipinski definition) is 1. The normalized spacial score (nSPS) is 11.7. The summed E-state index contributed by atoms with van der Waals surface area (Å²) in [6, 6.07) is 21.5. The average Bonchev–Trinajstić information content (AvgIpc) is 2.86. The molecule has 1 aromatic heterocycles. The second-order valence-corrected chi connectivity index (χ2v) is 9.42. The lowest BCUT2D eigenvalue weighted by atomic mass is 10.0. The number of benzene rings is 3. The first-order chi connectivity index (χ1) is 17.0. The van der Waals surface area contributed by atoms with Gasteiger partial charge in [-0.25, -0.2) is 4.98 Å². The molecule has 2 heterocycles. The molecule has 0 bridgehead atoms. The highest BCUT2D eigenvalue weighted by atomic mass is 32.2. The van der Waals surface area contributed by atoms with E-state index < -0.39 is 0 Å². The Balaban J connectivity index is 1.43. The van der Waals surface area contributed by atoms with Crippen molar-refractivity contribution in [3.8, 4) is 28.8 Å². The standard InChI is InChI=1S/C28H25N3O3S/c1-17-7-10-19(11-8-17)26-30-27-23(14-20-13-18(2)9-12-24(20)34-27)28(31-26)35-16-25(32)29-21-5-4-6-22(15-21)33-3/h4-13,15H,14,16H2,1-3H3,(H,29,32). The molecular weight excluding hydrogens is 458 g/mol. The monoisotopic (exact) mass is 483 g/mol. The molecule has 4 aromatic rings. The molecule has 0 unspecified atom stereocenters. The quantitative estimate of drug-likeness (QED) is 0.229. The van der Waals surface area contributed by atoms with Crippen molar-refractivity contribution >= 4 is 23.4 Å². The maximum Gasteiger partial charge on any atom is 0.234 e. The van der Waals surface area contributed by atoms with Crippen molar-refractivity contribution in [2.24, 2.45) is 0 Å². The SMILES string of the molecule is COc1cccc(NC(=O)CSc2nc(-c3ccc(C)cc3)nc3c2Cc2cc(C)ccc2O3)c1. The van der Waals surface area contributed by atoms with E-state index in [-0.39, 0.29) is 11.7 Å². The molecule has 0 saturated heterocycles. The van der Waals surface area contributed by atoms with Crippen LogP contribution in [0.2, 0.25) is 0 Å². The zero-order valence-electron chi connectivity index (χ0n) is 19.8. The lowest BCUT2D eigenvalue weighted by Crippen LogP contribution is -2.15. The molecule has 0 fully saturated rings. The predicted molar refractivity (Wildman–Crippen MR) is 139 cm³/mol. The molecule has 0 saturated carbocycles. The molecule has 0 atom stereocenters. The first kappa shape index (κ1) is 22.9. The molecule has 3 aromatic carbocycles. The minimum atomic E-state index is -0.125. The van der Waals surface area contributed by atoms with E-state index in [4.69, 9.17) is 19.4 Å². The van der Waals surface area contributed by atoms with Crippen molar-refractivity contribution in [3.05, 3.63) is 89.0 Å². The Morgan fingerprint density at radius 3 is 2.63 bits per heavy atom. The van der Waals surface area contributed by atoms with Gasteiger partial charge in [0.05, 0.1) is 18.4 Å². The maximum absolute atomic E-state index is 12.7. The predicted octanol–water partition coefficient (Wildman–Crippen LogP) is 6.20. The Hall–Kier alpha value is -3.84. The van der Waals surface area contributed by atoms with Crippen LogP contribution < -0.4 is 14.8 Å². The Labute approximate surface area is 208 Å². The number of methoxy groups -OCH3 is 1. The van der Waals surface area contributed by atoms with Gasteiger partial charge in [-0.1, -0.05) is 65.4 Å². The molecule has 35 heavy (non-hydrogen) atoms. The van der Waals surface area contributed by atoms with Gasteiger partial charge in [0.15, 0.2) is 5.82 Å². The third kappa shape index (κ3) is 5.15. The number of fused-ring (bicyclic) bond motifs is 2. The highest BCUT2D eigenvalue weighted by Crippen LogP contribution is 2.40. The van der Waals surface area contributed by atoms with Gasteiger partial charge < -0.3 is 14.8 Å². The van der Waals surface area contributed by atoms with E-state index in [0.29, 0.717) is 29.6 Å². The molecule has 0 spiro atoms. The van der Waals surface area contributed by atoms with E-state index in [1.54, 1.807) is 13.2 Å². The summed E-state index contributed by atoms with van der Waals surface area (Å²) >= 11 is 1.39. The third-order valence-corrected chi connectivity index (χ3v) is 6.74. The van der Waals surface area contributed by atoms with Gasteiger partial charge in [0, 0.05) is 23.7 Å². The van der Waals surface area contributed by atoms with Gasteiger partial charge in [-0.15, -0.1) is 0 Å². The highest BCUT2D eigenvalue weighted by Gasteiger charge is 2.25. The van der Waals surface area contributed by atoms with Gasteiger partial charge in [-0.2, -0.15) is 4.98 Å². The fourth-order valence-corrected chi connectivity index (χ4v) is 4.73. The molecule has 1 aliphatic rings. The molecule has 176 valence electrons. The van der Waals surface area contributed by atoms with Crippen molar-refractivity contribution in [2.45, 2.75) is 25.3 Å². The number of nitrogens with zero attached hydrogens (tertiary/aromatic N) is 2. The van der Waals surface area contributed by atoms with Crippen molar-refractivity contribution in [1.82, 2.24) is 9.97 Å². The van der Waals surface area contributed by atoms with Crippen LogP contribution in [0.4, 0.5) is 5.69 Å². The van der Waals surface area contributed by atoms with Crippen LogP contribution in [0, 0.1) is 13.8 Å². The largest absolute Gasteiger partial charge is 0.497 e. The highest BCUT2D eigenvalue weighted by molar-refractivity contribution is 8.00. The summed E-state index contributed by atoms with van der Waals surface area (Å²) in [7, 11) is 1.60. The Kier molecular flexibility index (Phi) is 6.42. The van der Waals surface area contributed by atoms with Crippen LogP contribution in [-0.4, -0.2) is 28.7 Å². The minimum absolute atomic E-state index is 0.125. The van der Waals surface area contributed by atoms with Gasteiger partial charge in [0.2, 0.25) is 11.8 Å². The average molecular weight is 484 g/mol. The topological polar surface area (TPSA) is 73.3 Å². The van der Waals surface area contributed by atoms with Gasteiger partial charge in [-0.05, 0) is 37.6 Å². The summed E-state index contributed by atoms with van der Waals surface area (Å²) in [4.78, 5) is 22.3. The summed E-state index contributed by atoms with van der Waals surface area (Å²) in [5, 5.41) is 3.68. The van der Waals surface area contributed by atoms with Gasteiger partial charge in [-0.3, -0.25) is 4.79 Å². The first-order valence-corrected chi connectivity index (χ1v) is 12.3. The molecule has 7 heteroatoms. The molecule has 1 N–H and O–H groups in total. The molecule has 5 rings (SSSR count). The number of ether oxygens (including phenoxy) is 2. The Morgan fingerprint density at radius 2 is 1.83 bits per heavy atom. The fraction of sp³-hybridized carbons (Fsp3) is 0.179. The van der Waals surface area contributed by atoms with Crippen molar-refractivity contribution in [3.63, 3.8) is 0 Å². The Bertz CT molecular complexity index is 1400. The van der Waals surface area contributed by atoms with Crippen LogP contribution in [0.5, 0.6) is 17.4 Å². The summed E-state index contributed by atoms with van der Waals surface area (Å²) < 4.78 is 11.4. The van der Waals surface area contributed by atoms with Crippen LogP contribution in [0.3, 0.4) is 0 Å². The number of carbonyl (C=O) groups excluding carboxylic acids is 1. The zero-order chi connectivity index (χ0) is 24.4. The summed E-state index contributed by atoms with van der Waals surface area (Å²) in [6.45, 7) is 4.10. The van der Waals surface area contributed by atoms with Crippen LogP contribution in [-0.2, 0) is 11.2 Å². The maximum atomic E-state index is 12.7. The lowest BCUT2D eigenvalue weighted by molar-refractivity contribution is -0.113. The molecular formula is C28H25N3O3S. The van der Waals surface area contributed by atoms with Crippen LogP contribution in [0.25, 0.3) is 11.4 Å². The van der Waals surface area contributed by atoms with Crippen molar-refractivity contribution in [1.29, 1.82) is 0 Å². The number of amides is 1. The number of hydrogen-bond acceptors (Lipinski definition) is 6. The van der Waals surface area contributed by atoms with Gasteiger partial charge in [0.25, 0.3) is 0 Å². The first-order valence-electron chi connectivity index (χ1n) is 11.3. The number of anilines is 1. The zero-order valence-corrected chi connectivity index (χ0v) is 20.6. The molecule has 6 nitrogen and oxygen atoms in total. The number of aromatic nitrogens is 2. The summed E-state index contributed by atoms with van der Waals surface area (Å²) in [6.07, 6.45) is 0.653. The molecule has 0 radical (unpaired) electrons. The summed E-state index contributed by atoms with van der Waals surface area (Å²) in [5.74, 6) is 2.70. The lowest BCUT2D eigenvalue weighted by Gasteiger charge is -2.22. The molecule has 1 amide bonds. The summed E-state index contributed by atoms with van der Waals surface area (Å²) in [5.41, 5.74) is 5.91. The third-order valence-electron chi connectivity index (χ3n) is 5.72. The number of thioether (sulfide) groups is 1.